The first kappa shape index (κ1) is 22.7. The number of fused-ring (bicyclic) bond motifs is 1. The minimum atomic E-state index is 0.208. The molecular formula is C25H34N4O2. The fourth-order valence-electron chi connectivity index (χ4n) is 3.76. The summed E-state index contributed by atoms with van der Waals surface area (Å²) in [5.74, 6) is 1.96. The number of carbonyl (C=O) groups is 1. The van der Waals surface area contributed by atoms with E-state index in [1.165, 1.54) is 16.7 Å². The molecule has 0 saturated carbocycles. The van der Waals surface area contributed by atoms with Crippen molar-refractivity contribution >= 4 is 11.9 Å². The summed E-state index contributed by atoms with van der Waals surface area (Å²) in [5.41, 5.74) is 3.72. The number of ether oxygens (including phenoxy) is 1. The van der Waals surface area contributed by atoms with Crippen LogP contribution in [0.4, 0.5) is 0 Å². The monoisotopic (exact) mass is 422 g/mol. The van der Waals surface area contributed by atoms with E-state index >= 15 is 0 Å². The lowest BCUT2D eigenvalue weighted by molar-refractivity contribution is -0.131. The summed E-state index contributed by atoms with van der Waals surface area (Å²) in [7, 11) is 2.03. The Bertz CT molecular complexity index is 854. The second-order valence-electron chi connectivity index (χ2n) is 7.79. The predicted molar refractivity (Wildman–Crippen MR) is 125 cm³/mol. The van der Waals surface area contributed by atoms with E-state index in [2.05, 4.69) is 41.4 Å². The van der Waals surface area contributed by atoms with Gasteiger partial charge in [0.15, 0.2) is 5.96 Å². The normalized spacial score (nSPS) is 13.1. The molecule has 0 aromatic heterocycles. The molecule has 0 fully saturated rings. The van der Waals surface area contributed by atoms with Crippen LogP contribution in [0.5, 0.6) is 5.75 Å². The Balaban J connectivity index is 1.47. The van der Waals surface area contributed by atoms with Crippen molar-refractivity contribution in [1.82, 2.24) is 15.1 Å². The maximum Gasteiger partial charge on any atom is 0.223 e. The van der Waals surface area contributed by atoms with E-state index in [-0.39, 0.29) is 5.91 Å². The molecule has 1 N–H and O–H groups in total. The van der Waals surface area contributed by atoms with Crippen molar-refractivity contribution in [3.63, 3.8) is 0 Å². The Kier molecular flexibility index (Phi) is 8.33. The van der Waals surface area contributed by atoms with Crippen LogP contribution < -0.4 is 10.1 Å². The van der Waals surface area contributed by atoms with Gasteiger partial charge in [-0.25, -0.2) is 0 Å². The molecule has 1 amide bonds. The van der Waals surface area contributed by atoms with Crippen LogP contribution in [0.15, 0.2) is 53.5 Å². The summed E-state index contributed by atoms with van der Waals surface area (Å²) in [6.07, 6.45) is 1.27. The highest BCUT2D eigenvalue weighted by molar-refractivity contribution is 5.80. The molecule has 6 nitrogen and oxygen atoms in total. The fraction of sp³-hybridized carbons (Fsp3) is 0.440. The van der Waals surface area contributed by atoms with Crippen LogP contribution in [0.25, 0.3) is 0 Å². The molecule has 0 aliphatic carbocycles. The number of carbonyl (C=O) groups excluding carboxylic acids is 1. The standard InChI is InChI=1S/C25H34N4O2/c1-4-26-25(28(3)17-20-12-14-23(15-13-20)31-5-2)27-16-8-11-24(30)29-18-21-9-6-7-10-22(21)19-29/h6-7,9-10,12-15H,4-5,8,11,16-19H2,1-3H3,(H,26,27). The van der Waals surface area contributed by atoms with Crippen molar-refractivity contribution in [3.05, 3.63) is 65.2 Å². The molecule has 0 unspecified atom stereocenters. The maximum absolute atomic E-state index is 12.6. The number of benzene rings is 2. The molecule has 2 aromatic carbocycles. The molecule has 6 heteroatoms. The third-order valence-corrected chi connectivity index (χ3v) is 5.35. The summed E-state index contributed by atoms with van der Waals surface area (Å²) in [6, 6.07) is 16.4. The van der Waals surface area contributed by atoms with E-state index in [9.17, 15) is 4.79 Å². The average molecular weight is 423 g/mol. The SMILES string of the molecule is CCNC(=NCCCC(=O)N1Cc2ccccc2C1)N(C)Cc1ccc(OCC)cc1. The minimum absolute atomic E-state index is 0.208. The van der Waals surface area contributed by atoms with Gasteiger partial charge in [0.05, 0.1) is 6.61 Å². The van der Waals surface area contributed by atoms with Gasteiger partial charge in [-0.3, -0.25) is 9.79 Å². The Morgan fingerprint density at radius 3 is 2.39 bits per heavy atom. The van der Waals surface area contributed by atoms with E-state index in [0.29, 0.717) is 19.6 Å². The molecular weight excluding hydrogens is 388 g/mol. The predicted octanol–water partition coefficient (Wildman–Crippen LogP) is 3.81. The third-order valence-electron chi connectivity index (χ3n) is 5.35. The first-order valence-electron chi connectivity index (χ1n) is 11.2. The number of guanidine groups is 1. The molecule has 166 valence electrons. The molecule has 3 rings (SSSR count). The van der Waals surface area contributed by atoms with Crippen LogP contribution in [-0.2, 0) is 24.4 Å². The van der Waals surface area contributed by atoms with Gasteiger partial charge < -0.3 is 19.9 Å². The molecule has 0 saturated heterocycles. The van der Waals surface area contributed by atoms with Crippen molar-refractivity contribution in [2.24, 2.45) is 4.99 Å². The van der Waals surface area contributed by atoms with Crippen LogP contribution in [0, 0.1) is 0 Å². The van der Waals surface area contributed by atoms with Gasteiger partial charge in [0, 0.05) is 46.2 Å². The lowest BCUT2D eigenvalue weighted by atomic mass is 10.1. The van der Waals surface area contributed by atoms with E-state index in [1.807, 2.05) is 43.1 Å². The zero-order valence-electron chi connectivity index (χ0n) is 18.9. The number of hydrogen-bond donors (Lipinski definition) is 1. The zero-order chi connectivity index (χ0) is 22.1. The van der Waals surface area contributed by atoms with Crippen molar-refractivity contribution in [2.45, 2.75) is 46.3 Å². The van der Waals surface area contributed by atoms with Crippen LogP contribution in [0.2, 0.25) is 0 Å². The highest BCUT2D eigenvalue weighted by Gasteiger charge is 2.22. The van der Waals surface area contributed by atoms with Crippen molar-refractivity contribution in [2.75, 3.05) is 26.7 Å². The van der Waals surface area contributed by atoms with E-state index < -0.39 is 0 Å². The second-order valence-corrected chi connectivity index (χ2v) is 7.79. The molecule has 31 heavy (non-hydrogen) atoms. The zero-order valence-corrected chi connectivity index (χ0v) is 18.9. The highest BCUT2D eigenvalue weighted by Crippen LogP contribution is 2.23. The minimum Gasteiger partial charge on any atom is -0.494 e. The van der Waals surface area contributed by atoms with Crippen molar-refractivity contribution < 1.29 is 9.53 Å². The van der Waals surface area contributed by atoms with Gasteiger partial charge in [-0.15, -0.1) is 0 Å². The summed E-state index contributed by atoms with van der Waals surface area (Å²) in [6.45, 7) is 8.36. The quantitative estimate of drug-likeness (QED) is 0.379. The van der Waals surface area contributed by atoms with Crippen LogP contribution in [0.1, 0.15) is 43.4 Å². The summed E-state index contributed by atoms with van der Waals surface area (Å²) >= 11 is 0. The van der Waals surface area contributed by atoms with Crippen LogP contribution in [-0.4, -0.2) is 48.4 Å². The number of aliphatic imine (C=N–C) groups is 1. The molecule has 2 aromatic rings. The number of nitrogens with one attached hydrogen (secondary N) is 1. The fourth-order valence-corrected chi connectivity index (χ4v) is 3.76. The third kappa shape index (κ3) is 6.48. The van der Waals surface area contributed by atoms with Gasteiger partial charge in [0.2, 0.25) is 5.91 Å². The Morgan fingerprint density at radius 1 is 1.10 bits per heavy atom. The number of amides is 1. The first-order chi connectivity index (χ1) is 15.1. The van der Waals surface area contributed by atoms with Gasteiger partial charge in [-0.05, 0) is 49.1 Å². The van der Waals surface area contributed by atoms with E-state index in [0.717, 1.165) is 44.3 Å². The number of hydrogen-bond acceptors (Lipinski definition) is 3. The van der Waals surface area contributed by atoms with Gasteiger partial charge in [0.1, 0.15) is 5.75 Å². The number of nitrogens with zero attached hydrogens (tertiary/aromatic N) is 3. The van der Waals surface area contributed by atoms with Gasteiger partial charge >= 0.3 is 0 Å². The van der Waals surface area contributed by atoms with Crippen LogP contribution in [0.3, 0.4) is 0 Å². The summed E-state index contributed by atoms with van der Waals surface area (Å²) in [4.78, 5) is 21.4. The lowest BCUT2D eigenvalue weighted by Crippen LogP contribution is -2.38. The maximum atomic E-state index is 12.6. The topological polar surface area (TPSA) is 57.2 Å². The molecule has 0 atom stereocenters. The molecule has 1 aliphatic heterocycles. The molecule has 0 spiro atoms. The van der Waals surface area contributed by atoms with Gasteiger partial charge in [-0.2, -0.15) is 0 Å². The second kappa shape index (κ2) is 11.4. The highest BCUT2D eigenvalue weighted by atomic mass is 16.5. The smallest absolute Gasteiger partial charge is 0.223 e. The van der Waals surface area contributed by atoms with Crippen molar-refractivity contribution in [1.29, 1.82) is 0 Å². The molecule has 1 aliphatic rings. The largest absolute Gasteiger partial charge is 0.494 e. The Morgan fingerprint density at radius 2 is 1.77 bits per heavy atom. The van der Waals surface area contributed by atoms with Gasteiger partial charge in [0.25, 0.3) is 0 Å². The first-order valence-corrected chi connectivity index (χ1v) is 11.2. The van der Waals surface area contributed by atoms with E-state index in [4.69, 9.17) is 9.73 Å². The molecule has 0 radical (unpaired) electrons. The lowest BCUT2D eigenvalue weighted by Gasteiger charge is -2.22. The summed E-state index contributed by atoms with van der Waals surface area (Å²) < 4.78 is 5.51. The van der Waals surface area contributed by atoms with E-state index in [1.54, 1.807) is 0 Å². The number of rotatable bonds is 9. The molecule has 0 bridgehead atoms. The van der Waals surface area contributed by atoms with Gasteiger partial charge in [-0.1, -0.05) is 36.4 Å². The summed E-state index contributed by atoms with van der Waals surface area (Å²) in [5, 5.41) is 3.35. The van der Waals surface area contributed by atoms with Crippen LogP contribution >= 0.6 is 0 Å². The molecule has 1 heterocycles. The Labute approximate surface area is 185 Å². The van der Waals surface area contributed by atoms with Crippen molar-refractivity contribution in [3.8, 4) is 5.75 Å². The Hall–Kier alpha value is -3.02. The average Bonchev–Trinajstić information content (AvgIpc) is 3.22.